The topological polar surface area (TPSA) is 76.2 Å². The summed E-state index contributed by atoms with van der Waals surface area (Å²) in [4.78, 5) is 12.4. The number of nitrogens with zero attached hydrogens (tertiary/aromatic N) is 1. The SMILES string of the molecule is Cc1cc(Cl)ccc1C(=O)N[C@H]1COC[C@H]1Oc1cn[nH]c1. The normalized spacial score (nSPS) is 20.8. The molecule has 2 N–H and O–H groups in total. The summed E-state index contributed by atoms with van der Waals surface area (Å²) >= 11 is 5.91. The lowest BCUT2D eigenvalue weighted by molar-refractivity contribution is 0.0903. The van der Waals surface area contributed by atoms with Crippen LogP contribution >= 0.6 is 11.6 Å². The van der Waals surface area contributed by atoms with Gasteiger partial charge < -0.3 is 14.8 Å². The quantitative estimate of drug-likeness (QED) is 0.902. The van der Waals surface area contributed by atoms with Crippen molar-refractivity contribution < 1.29 is 14.3 Å². The van der Waals surface area contributed by atoms with Crippen LogP contribution in [0.5, 0.6) is 5.75 Å². The average Bonchev–Trinajstić information content (AvgIpc) is 3.12. The van der Waals surface area contributed by atoms with Crippen molar-refractivity contribution >= 4 is 17.5 Å². The standard InChI is InChI=1S/C15H16ClN3O3/c1-9-4-10(16)2-3-12(9)15(20)19-13-7-21-8-14(13)22-11-5-17-18-6-11/h2-6,13-14H,7-8H2,1H3,(H,17,18)(H,19,20)/t13-,14+/m0/s1. The molecule has 0 radical (unpaired) electrons. The lowest BCUT2D eigenvalue weighted by Crippen LogP contribution is -2.45. The van der Waals surface area contributed by atoms with Crippen molar-refractivity contribution in [3.8, 4) is 5.75 Å². The minimum absolute atomic E-state index is 0.162. The maximum atomic E-state index is 12.4. The van der Waals surface area contributed by atoms with Crippen LogP contribution in [0.25, 0.3) is 0 Å². The van der Waals surface area contributed by atoms with Crippen molar-refractivity contribution in [3.63, 3.8) is 0 Å². The van der Waals surface area contributed by atoms with Gasteiger partial charge in [-0.1, -0.05) is 11.6 Å². The number of H-pyrrole nitrogens is 1. The summed E-state index contributed by atoms with van der Waals surface area (Å²) in [7, 11) is 0. The molecule has 0 aliphatic carbocycles. The van der Waals surface area contributed by atoms with Crippen molar-refractivity contribution in [2.45, 2.75) is 19.1 Å². The Morgan fingerprint density at radius 2 is 2.36 bits per heavy atom. The van der Waals surface area contributed by atoms with Gasteiger partial charge in [0.25, 0.3) is 5.91 Å². The van der Waals surface area contributed by atoms with Gasteiger partial charge in [-0.05, 0) is 30.7 Å². The summed E-state index contributed by atoms with van der Waals surface area (Å²) in [5.41, 5.74) is 1.43. The summed E-state index contributed by atoms with van der Waals surface area (Å²) < 4.78 is 11.2. The molecule has 1 aromatic heterocycles. The fourth-order valence-electron chi connectivity index (χ4n) is 2.39. The molecule has 7 heteroatoms. The molecule has 0 bridgehead atoms. The number of carbonyl (C=O) groups excluding carboxylic acids is 1. The third-order valence-electron chi connectivity index (χ3n) is 3.54. The number of halogens is 1. The van der Waals surface area contributed by atoms with Gasteiger partial charge in [0.15, 0.2) is 5.75 Å². The van der Waals surface area contributed by atoms with E-state index in [0.29, 0.717) is 29.5 Å². The first-order valence-corrected chi connectivity index (χ1v) is 7.31. The van der Waals surface area contributed by atoms with Crippen LogP contribution < -0.4 is 10.1 Å². The highest BCUT2D eigenvalue weighted by Crippen LogP contribution is 2.18. The number of hydrogen-bond donors (Lipinski definition) is 2. The lowest BCUT2D eigenvalue weighted by Gasteiger charge is -2.20. The Morgan fingerprint density at radius 1 is 1.50 bits per heavy atom. The number of hydrogen-bond acceptors (Lipinski definition) is 4. The number of aromatic amines is 1. The third kappa shape index (κ3) is 3.23. The monoisotopic (exact) mass is 321 g/mol. The van der Waals surface area contributed by atoms with E-state index < -0.39 is 0 Å². The Morgan fingerprint density at radius 3 is 3.09 bits per heavy atom. The second-order valence-electron chi connectivity index (χ2n) is 5.17. The highest BCUT2D eigenvalue weighted by atomic mass is 35.5. The summed E-state index contributed by atoms with van der Waals surface area (Å²) in [5.74, 6) is 0.461. The Hall–Kier alpha value is -2.05. The molecule has 0 unspecified atom stereocenters. The van der Waals surface area contributed by atoms with Gasteiger partial charge >= 0.3 is 0 Å². The zero-order valence-electron chi connectivity index (χ0n) is 12.0. The molecule has 1 amide bonds. The Labute approximate surface area is 132 Å². The Balaban J connectivity index is 1.67. The number of nitrogens with one attached hydrogen (secondary N) is 2. The first-order chi connectivity index (χ1) is 10.6. The van der Waals surface area contributed by atoms with Gasteiger partial charge in [0.05, 0.1) is 31.6 Å². The summed E-state index contributed by atoms with van der Waals surface area (Å²) in [6, 6.07) is 4.97. The molecule has 0 saturated carbocycles. The molecule has 0 spiro atoms. The maximum Gasteiger partial charge on any atom is 0.251 e. The second-order valence-corrected chi connectivity index (χ2v) is 5.60. The van der Waals surface area contributed by atoms with Gasteiger partial charge in [-0.25, -0.2) is 0 Å². The van der Waals surface area contributed by atoms with E-state index in [0.717, 1.165) is 5.56 Å². The van der Waals surface area contributed by atoms with Crippen LogP contribution in [0.1, 0.15) is 15.9 Å². The summed E-state index contributed by atoms with van der Waals surface area (Å²) in [5, 5.41) is 10.1. The summed E-state index contributed by atoms with van der Waals surface area (Å²) in [6.07, 6.45) is 3.00. The highest BCUT2D eigenvalue weighted by Gasteiger charge is 2.32. The molecular formula is C15H16ClN3O3. The number of ether oxygens (including phenoxy) is 2. The molecule has 1 aliphatic rings. The van der Waals surface area contributed by atoms with E-state index in [2.05, 4.69) is 15.5 Å². The van der Waals surface area contributed by atoms with E-state index in [-0.39, 0.29) is 18.1 Å². The van der Waals surface area contributed by atoms with E-state index in [1.54, 1.807) is 30.6 Å². The molecule has 1 aliphatic heterocycles. The van der Waals surface area contributed by atoms with E-state index in [9.17, 15) is 4.79 Å². The maximum absolute atomic E-state index is 12.4. The first kappa shape index (κ1) is 14.9. The van der Waals surface area contributed by atoms with Crippen LogP contribution in [-0.2, 0) is 4.74 Å². The number of carbonyl (C=O) groups is 1. The van der Waals surface area contributed by atoms with Crippen molar-refractivity contribution in [1.29, 1.82) is 0 Å². The van der Waals surface area contributed by atoms with Gasteiger partial charge in [-0.15, -0.1) is 0 Å². The fraction of sp³-hybridized carbons (Fsp3) is 0.333. The second kappa shape index (κ2) is 6.37. The Bertz CT molecular complexity index is 660. The molecule has 1 aromatic carbocycles. The van der Waals surface area contributed by atoms with Crippen LogP contribution in [-0.4, -0.2) is 41.5 Å². The van der Waals surface area contributed by atoms with Gasteiger partial charge in [0.2, 0.25) is 0 Å². The van der Waals surface area contributed by atoms with Gasteiger partial charge in [0.1, 0.15) is 6.10 Å². The van der Waals surface area contributed by atoms with Crippen LogP contribution in [0.3, 0.4) is 0 Å². The molecule has 2 heterocycles. The number of aryl methyl sites for hydroxylation is 1. The van der Waals surface area contributed by atoms with Crippen molar-refractivity contribution in [2.75, 3.05) is 13.2 Å². The van der Waals surface area contributed by atoms with Gasteiger partial charge in [-0.2, -0.15) is 5.10 Å². The molecule has 3 rings (SSSR count). The predicted molar refractivity (Wildman–Crippen MR) is 81.3 cm³/mol. The van der Waals surface area contributed by atoms with Crippen molar-refractivity contribution in [3.05, 3.63) is 46.7 Å². The van der Waals surface area contributed by atoms with Crippen LogP contribution in [0.4, 0.5) is 0 Å². The number of benzene rings is 1. The minimum Gasteiger partial charge on any atom is -0.482 e. The number of amides is 1. The van der Waals surface area contributed by atoms with Crippen LogP contribution in [0.15, 0.2) is 30.6 Å². The summed E-state index contributed by atoms with van der Waals surface area (Å²) in [6.45, 7) is 2.70. The third-order valence-corrected chi connectivity index (χ3v) is 3.77. The van der Waals surface area contributed by atoms with E-state index >= 15 is 0 Å². The van der Waals surface area contributed by atoms with Crippen LogP contribution in [0.2, 0.25) is 5.02 Å². The molecule has 22 heavy (non-hydrogen) atoms. The predicted octanol–water partition coefficient (Wildman–Crippen LogP) is 1.95. The molecule has 2 atom stereocenters. The molecule has 1 fully saturated rings. The number of aromatic nitrogens is 2. The largest absolute Gasteiger partial charge is 0.482 e. The fourth-order valence-corrected chi connectivity index (χ4v) is 2.62. The average molecular weight is 322 g/mol. The molecular weight excluding hydrogens is 306 g/mol. The minimum atomic E-state index is -0.242. The van der Waals surface area contributed by atoms with Crippen LogP contribution in [0, 0.1) is 6.92 Å². The number of rotatable bonds is 4. The van der Waals surface area contributed by atoms with E-state index in [1.165, 1.54) is 0 Å². The van der Waals surface area contributed by atoms with Gasteiger partial charge in [-0.3, -0.25) is 9.89 Å². The smallest absolute Gasteiger partial charge is 0.251 e. The zero-order chi connectivity index (χ0) is 15.5. The van der Waals surface area contributed by atoms with E-state index in [4.69, 9.17) is 21.1 Å². The lowest BCUT2D eigenvalue weighted by atomic mass is 10.1. The zero-order valence-corrected chi connectivity index (χ0v) is 12.8. The van der Waals surface area contributed by atoms with Crippen molar-refractivity contribution in [2.24, 2.45) is 0 Å². The molecule has 2 aromatic rings. The molecule has 6 nitrogen and oxygen atoms in total. The Kier molecular flexibility index (Phi) is 4.31. The van der Waals surface area contributed by atoms with E-state index in [1.807, 2.05) is 6.92 Å². The highest BCUT2D eigenvalue weighted by molar-refractivity contribution is 6.30. The van der Waals surface area contributed by atoms with Crippen molar-refractivity contribution in [1.82, 2.24) is 15.5 Å². The van der Waals surface area contributed by atoms with Gasteiger partial charge in [0, 0.05) is 10.6 Å². The first-order valence-electron chi connectivity index (χ1n) is 6.93. The molecule has 1 saturated heterocycles. The molecule has 116 valence electrons.